The molecule has 120 valence electrons. The van der Waals surface area contributed by atoms with E-state index in [1.807, 2.05) is 25.1 Å². The van der Waals surface area contributed by atoms with E-state index >= 15 is 0 Å². The molecule has 1 aromatic carbocycles. The molecule has 0 saturated heterocycles. The summed E-state index contributed by atoms with van der Waals surface area (Å²) in [5.41, 5.74) is 7.54. The first-order chi connectivity index (χ1) is 11.2. The predicted molar refractivity (Wildman–Crippen MR) is 91.5 cm³/mol. The van der Waals surface area contributed by atoms with Crippen LogP contribution in [0, 0.1) is 6.92 Å². The van der Waals surface area contributed by atoms with Crippen LogP contribution in [0.3, 0.4) is 0 Å². The maximum Gasteiger partial charge on any atom is 0.275 e. The van der Waals surface area contributed by atoms with Crippen molar-refractivity contribution >= 4 is 16.3 Å². The summed E-state index contributed by atoms with van der Waals surface area (Å²) in [6.07, 6.45) is 0. The van der Waals surface area contributed by atoms with Crippen LogP contribution < -0.4 is 11.3 Å². The highest BCUT2D eigenvalue weighted by atomic mass is 32.1. The van der Waals surface area contributed by atoms with Crippen molar-refractivity contribution < 1.29 is 0 Å². The third-order valence-electron chi connectivity index (χ3n) is 3.47. The van der Waals surface area contributed by atoms with Crippen LogP contribution in [0.25, 0.3) is 4.96 Å². The number of nitrogens with zero attached hydrogens (tertiary/aromatic N) is 4. The summed E-state index contributed by atoms with van der Waals surface area (Å²) in [6, 6.07) is 11.7. The second kappa shape index (κ2) is 6.99. The van der Waals surface area contributed by atoms with Gasteiger partial charge < -0.3 is 5.73 Å². The zero-order chi connectivity index (χ0) is 16.2. The molecule has 0 aliphatic heterocycles. The van der Waals surface area contributed by atoms with E-state index in [-0.39, 0.29) is 5.56 Å². The average molecular weight is 329 g/mol. The fourth-order valence-electron chi connectivity index (χ4n) is 2.45. The van der Waals surface area contributed by atoms with Crippen LogP contribution in [-0.2, 0) is 13.1 Å². The molecule has 0 aliphatic carbocycles. The molecule has 3 rings (SSSR count). The topological polar surface area (TPSA) is 76.5 Å². The van der Waals surface area contributed by atoms with E-state index in [0.717, 1.165) is 18.1 Å². The molecule has 7 heteroatoms. The van der Waals surface area contributed by atoms with Crippen LogP contribution in [0.5, 0.6) is 0 Å². The van der Waals surface area contributed by atoms with Gasteiger partial charge in [0.25, 0.3) is 5.56 Å². The standard InChI is InChI=1S/C16H19N5OS/c1-12-9-15(22)21-16(18-12)23-14(19-21)11-20(8-7-17)10-13-5-3-2-4-6-13/h2-6,9H,7-8,10-11,17H2,1H3. The number of hydrogen-bond acceptors (Lipinski definition) is 6. The summed E-state index contributed by atoms with van der Waals surface area (Å²) < 4.78 is 1.37. The molecule has 0 unspecified atom stereocenters. The molecule has 0 atom stereocenters. The molecule has 0 bridgehead atoms. The first-order valence-corrected chi connectivity index (χ1v) is 8.30. The molecular formula is C16H19N5OS. The highest BCUT2D eigenvalue weighted by Crippen LogP contribution is 2.15. The lowest BCUT2D eigenvalue weighted by Gasteiger charge is -2.20. The van der Waals surface area contributed by atoms with Crippen LogP contribution in [-0.4, -0.2) is 32.6 Å². The van der Waals surface area contributed by atoms with E-state index in [1.54, 1.807) is 0 Å². The van der Waals surface area contributed by atoms with Crippen LogP contribution in [0.4, 0.5) is 0 Å². The summed E-state index contributed by atoms with van der Waals surface area (Å²) in [6.45, 7) is 4.62. The Morgan fingerprint density at radius 1 is 1.26 bits per heavy atom. The summed E-state index contributed by atoms with van der Waals surface area (Å²) in [5, 5.41) is 5.26. The molecule has 6 nitrogen and oxygen atoms in total. The molecule has 2 aromatic heterocycles. The molecular weight excluding hydrogens is 310 g/mol. The molecule has 0 fully saturated rings. The van der Waals surface area contributed by atoms with Crippen molar-refractivity contribution in [3.8, 4) is 0 Å². The molecule has 0 spiro atoms. The molecule has 23 heavy (non-hydrogen) atoms. The van der Waals surface area contributed by atoms with Gasteiger partial charge in [-0.15, -0.1) is 0 Å². The third-order valence-corrected chi connectivity index (χ3v) is 4.36. The molecule has 2 N–H and O–H groups in total. The second-order valence-electron chi connectivity index (χ2n) is 5.41. The van der Waals surface area contributed by atoms with Crippen LogP contribution in [0.15, 0.2) is 41.2 Å². The third kappa shape index (κ3) is 3.82. The zero-order valence-corrected chi connectivity index (χ0v) is 13.8. The Hall–Kier alpha value is -2.09. The largest absolute Gasteiger partial charge is 0.329 e. The Morgan fingerprint density at radius 2 is 2.04 bits per heavy atom. The van der Waals surface area contributed by atoms with Crippen molar-refractivity contribution in [1.82, 2.24) is 19.5 Å². The number of nitrogens with two attached hydrogens (primary N) is 1. The monoisotopic (exact) mass is 329 g/mol. The minimum atomic E-state index is -0.136. The van der Waals surface area contributed by atoms with Crippen molar-refractivity contribution in [2.75, 3.05) is 13.1 Å². The highest BCUT2D eigenvalue weighted by molar-refractivity contribution is 7.16. The second-order valence-corrected chi connectivity index (χ2v) is 6.45. The molecule has 3 aromatic rings. The minimum Gasteiger partial charge on any atom is -0.329 e. The molecule has 0 aliphatic rings. The van der Waals surface area contributed by atoms with E-state index in [0.29, 0.717) is 23.7 Å². The lowest BCUT2D eigenvalue weighted by Crippen LogP contribution is -2.28. The van der Waals surface area contributed by atoms with Gasteiger partial charge >= 0.3 is 0 Å². The Kier molecular flexibility index (Phi) is 4.80. The number of benzene rings is 1. The smallest absolute Gasteiger partial charge is 0.275 e. The number of aryl methyl sites for hydroxylation is 1. The molecule has 0 radical (unpaired) electrons. The first-order valence-electron chi connectivity index (χ1n) is 7.48. The van der Waals surface area contributed by atoms with Gasteiger partial charge in [-0.3, -0.25) is 9.69 Å². The SMILES string of the molecule is Cc1cc(=O)n2nc(CN(CCN)Cc3ccccc3)sc2n1. The van der Waals surface area contributed by atoms with Crippen molar-refractivity contribution in [3.63, 3.8) is 0 Å². The number of fused-ring (bicyclic) bond motifs is 1. The van der Waals surface area contributed by atoms with Crippen molar-refractivity contribution in [2.24, 2.45) is 5.73 Å². The van der Waals surface area contributed by atoms with Crippen LogP contribution in [0.2, 0.25) is 0 Å². The lowest BCUT2D eigenvalue weighted by molar-refractivity contribution is 0.263. The van der Waals surface area contributed by atoms with Crippen LogP contribution >= 0.6 is 11.3 Å². The van der Waals surface area contributed by atoms with Gasteiger partial charge in [0.2, 0.25) is 4.96 Å². The van der Waals surface area contributed by atoms with E-state index in [9.17, 15) is 4.79 Å². The number of rotatable bonds is 6. The lowest BCUT2D eigenvalue weighted by atomic mass is 10.2. The average Bonchev–Trinajstić information content (AvgIpc) is 2.91. The number of aromatic nitrogens is 3. The quantitative estimate of drug-likeness (QED) is 0.740. The van der Waals surface area contributed by atoms with Gasteiger partial charge in [-0.1, -0.05) is 41.7 Å². The Labute approximate surface area is 138 Å². The van der Waals surface area contributed by atoms with Crippen LogP contribution in [0.1, 0.15) is 16.3 Å². The Balaban J connectivity index is 1.82. The molecule has 0 amide bonds. The minimum absolute atomic E-state index is 0.136. The van der Waals surface area contributed by atoms with Gasteiger partial charge in [0, 0.05) is 31.4 Å². The van der Waals surface area contributed by atoms with Crippen molar-refractivity contribution in [2.45, 2.75) is 20.0 Å². The fraction of sp³-hybridized carbons (Fsp3) is 0.312. The zero-order valence-electron chi connectivity index (χ0n) is 13.0. The fourth-order valence-corrected chi connectivity index (χ4v) is 3.44. The predicted octanol–water partition coefficient (Wildman–Crippen LogP) is 1.42. The van der Waals surface area contributed by atoms with Crippen molar-refractivity contribution in [3.05, 3.63) is 63.0 Å². The van der Waals surface area contributed by atoms with Gasteiger partial charge in [0.1, 0.15) is 5.01 Å². The maximum atomic E-state index is 11.9. The van der Waals surface area contributed by atoms with E-state index in [2.05, 4.69) is 27.1 Å². The van der Waals surface area contributed by atoms with Gasteiger partial charge in [-0.25, -0.2) is 4.98 Å². The normalized spacial score (nSPS) is 11.4. The van der Waals surface area contributed by atoms with Gasteiger partial charge in [-0.05, 0) is 12.5 Å². The Bertz CT molecular complexity index is 843. The first kappa shape index (κ1) is 15.8. The summed E-state index contributed by atoms with van der Waals surface area (Å²) in [5.74, 6) is 0. The van der Waals surface area contributed by atoms with Crippen molar-refractivity contribution in [1.29, 1.82) is 0 Å². The summed E-state index contributed by atoms with van der Waals surface area (Å²) >= 11 is 1.45. The summed E-state index contributed by atoms with van der Waals surface area (Å²) in [4.78, 5) is 19.2. The summed E-state index contributed by atoms with van der Waals surface area (Å²) in [7, 11) is 0. The molecule has 2 heterocycles. The van der Waals surface area contributed by atoms with Gasteiger partial charge in [-0.2, -0.15) is 9.61 Å². The maximum absolute atomic E-state index is 11.9. The highest BCUT2D eigenvalue weighted by Gasteiger charge is 2.12. The number of hydrogen-bond donors (Lipinski definition) is 1. The molecule has 0 saturated carbocycles. The van der Waals surface area contributed by atoms with Gasteiger partial charge in [0.15, 0.2) is 0 Å². The van der Waals surface area contributed by atoms with E-state index in [1.165, 1.54) is 27.5 Å². The van der Waals surface area contributed by atoms with Gasteiger partial charge in [0.05, 0.1) is 6.54 Å². The van der Waals surface area contributed by atoms with E-state index in [4.69, 9.17) is 5.73 Å². The Morgan fingerprint density at radius 3 is 2.78 bits per heavy atom. The van der Waals surface area contributed by atoms with E-state index < -0.39 is 0 Å².